The number of carboxylic acid groups (broad SMARTS) is 1. The van der Waals surface area contributed by atoms with E-state index < -0.39 is 16.8 Å². The van der Waals surface area contributed by atoms with Gasteiger partial charge in [0, 0.05) is 17.3 Å². The Morgan fingerprint density at radius 2 is 1.89 bits per heavy atom. The highest BCUT2D eigenvalue weighted by atomic mass is 32.1. The second kappa shape index (κ2) is 8.91. The van der Waals surface area contributed by atoms with E-state index in [0.717, 1.165) is 11.6 Å². The summed E-state index contributed by atoms with van der Waals surface area (Å²) in [6, 6.07) is 8.26. The average molecular weight is 403 g/mol. The normalized spacial score (nSPS) is 10.1. The number of ether oxygens (including phenoxy) is 1. The maximum absolute atomic E-state index is 12.4. The lowest BCUT2D eigenvalue weighted by Crippen LogP contribution is -2.34. The van der Waals surface area contributed by atoms with Crippen LogP contribution in [0.2, 0.25) is 0 Å². The van der Waals surface area contributed by atoms with Crippen LogP contribution in [0, 0.1) is 17.0 Å². The number of nitrogens with zero attached hydrogens (tertiary/aromatic N) is 1. The van der Waals surface area contributed by atoms with E-state index in [1.165, 1.54) is 24.3 Å². The fourth-order valence-corrected chi connectivity index (χ4v) is 2.50. The molecule has 0 radical (unpaired) electrons. The van der Waals surface area contributed by atoms with E-state index in [9.17, 15) is 19.7 Å². The van der Waals surface area contributed by atoms with Crippen molar-refractivity contribution in [1.29, 1.82) is 0 Å². The van der Waals surface area contributed by atoms with Crippen molar-refractivity contribution in [3.63, 3.8) is 0 Å². The van der Waals surface area contributed by atoms with Crippen LogP contribution in [0.3, 0.4) is 0 Å². The number of thiocarbonyl (C=S) groups is 1. The minimum atomic E-state index is -1.10. The second-order valence-corrected chi connectivity index (χ2v) is 6.02. The number of carbonyl (C=O) groups excluding carboxylic acids is 1. The number of aromatic carboxylic acids is 1. The lowest BCUT2D eigenvalue weighted by Gasteiger charge is -2.13. The van der Waals surface area contributed by atoms with Crippen molar-refractivity contribution >= 4 is 40.6 Å². The van der Waals surface area contributed by atoms with E-state index in [4.69, 9.17) is 22.1 Å². The molecule has 146 valence electrons. The van der Waals surface area contributed by atoms with Gasteiger partial charge in [-0.05, 0) is 55.9 Å². The molecule has 10 heteroatoms. The van der Waals surface area contributed by atoms with Gasteiger partial charge >= 0.3 is 11.7 Å². The number of anilines is 1. The van der Waals surface area contributed by atoms with Gasteiger partial charge in [-0.1, -0.05) is 6.07 Å². The third-order valence-electron chi connectivity index (χ3n) is 3.68. The van der Waals surface area contributed by atoms with Crippen molar-refractivity contribution in [3.05, 3.63) is 63.2 Å². The molecule has 0 saturated carbocycles. The van der Waals surface area contributed by atoms with E-state index >= 15 is 0 Å². The van der Waals surface area contributed by atoms with Gasteiger partial charge < -0.3 is 15.2 Å². The summed E-state index contributed by atoms with van der Waals surface area (Å²) in [5.41, 5.74) is 0.888. The van der Waals surface area contributed by atoms with E-state index in [1.807, 2.05) is 0 Å². The highest BCUT2D eigenvalue weighted by Gasteiger charge is 2.19. The van der Waals surface area contributed by atoms with Crippen molar-refractivity contribution < 1.29 is 24.4 Å². The summed E-state index contributed by atoms with van der Waals surface area (Å²) < 4.78 is 5.18. The molecule has 1 amide bonds. The van der Waals surface area contributed by atoms with Gasteiger partial charge in [-0.3, -0.25) is 20.2 Å². The number of amides is 1. The molecular formula is C18H17N3O6S. The van der Waals surface area contributed by atoms with Gasteiger partial charge in [0.2, 0.25) is 0 Å². The lowest BCUT2D eigenvalue weighted by atomic mass is 10.1. The monoisotopic (exact) mass is 403 g/mol. The molecule has 0 aliphatic carbocycles. The number of aryl methyl sites for hydroxylation is 1. The van der Waals surface area contributed by atoms with E-state index in [2.05, 4.69) is 10.6 Å². The van der Waals surface area contributed by atoms with Crippen molar-refractivity contribution in [3.8, 4) is 5.75 Å². The predicted octanol–water partition coefficient (Wildman–Crippen LogP) is 3.13. The van der Waals surface area contributed by atoms with E-state index in [1.54, 1.807) is 19.9 Å². The Morgan fingerprint density at radius 3 is 2.50 bits per heavy atom. The van der Waals surface area contributed by atoms with Gasteiger partial charge in [-0.25, -0.2) is 4.79 Å². The van der Waals surface area contributed by atoms with Crippen LogP contribution in [0.15, 0.2) is 36.4 Å². The number of nitro groups is 1. The van der Waals surface area contributed by atoms with Gasteiger partial charge in [-0.15, -0.1) is 0 Å². The van der Waals surface area contributed by atoms with Crippen molar-refractivity contribution in [2.75, 3.05) is 11.9 Å². The molecule has 2 rings (SSSR count). The molecule has 2 aromatic carbocycles. The quantitative estimate of drug-likeness (QED) is 0.381. The van der Waals surface area contributed by atoms with Crippen LogP contribution in [0.25, 0.3) is 0 Å². The summed E-state index contributed by atoms with van der Waals surface area (Å²) in [7, 11) is 0. The maximum Gasteiger partial charge on any atom is 0.335 e. The Kier molecular flexibility index (Phi) is 6.61. The van der Waals surface area contributed by atoms with Crippen LogP contribution in [-0.4, -0.2) is 33.6 Å². The highest BCUT2D eigenvalue weighted by Crippen LogP contribution is 2.28. The number of carbonyl (C=O) groups is 2. The Bertz CT molecular complexity index is 960. The first-order valence-corrected chi connectivity index (χ1v) is 8.51. The molecule has 0 saturated heterocycles. The first-order valence-electron chi connectivity index (χ1n) is 8.10. The van der Waals surface area contributed by atoms with Crippen LogP contribution in [0.4, 0.5) is 11.4 Å². The SMILES string of the molecule is CCOc1ccc(C(=O)NC(=S)Nc2cc(C(=O)O)ccc2C)cc1[N+](=O)[O-]. The molecule has 28 heavy (non-hydrogen) atoms. The average Bonchev–Trinajstić information content (AvgIpc) is 2.63. The van der Waals surface area contributed by atoms with Gasteiger partial charge in [0.15, 0.2) is 10.9 Å². The zero-order valence-electron chi connectivity index (χ0n) is 15.0. The Hall–Kier alpha value is -3.53. The van der Waals surface area contributed by atoms with Crippen molar-refractivity contribution in [2.45, 2.75) is 13.8 Å². The molecule has 0 bridgehead atoms. The maximum atomic E-state index is 12.4. The van der Waals surface area contributed by atoms with Crippen LogP contribution < -0.4 is 15.4 Å². The van der Waals surface area contributed by atoms with E-state index in [0.29, 0.717) is 5.69 Å². The van der Waals surface area contributed by atoms with Crippen molar-refractivity contribution in [2.24, 2.45) is 0 Å². The highest BCUT2D eigenvalue weighted by molar-refractivity contribution is 7.80. The van der Waals surface area contributed by atoms with Gasteiger partial charge in [-0.2, -0.15) is 0 Å². The standard InChI is InChI=1S/C18H17N3O6S/c1-3-27-15-7-6-11(9-14(15)21(25)26)16(22)20-18(28)19-13-8-12(17(23)24)5-4-10(13)2/h4-9H,3H2,1-2H3,(H,23,24)(H2,19,20,22,28). The molecule has 0 aliphatic heterocycles. The third-order valence-corrected chi connectivity index (χ3v) is 3.88. The number of hydrogen-bond acceptors (Lipinski definition) is 6. The summed E-state index contributed by atoms with van der Waals surface area (Å²) in [5.74, 6) is -1.69. The molecule has 2 aromatic rings. The van der Waals surface area contributed by atoms with Crippen LogP contribution in [0.1, 0.15) is 33.2 Å². The number of benzene rings is 2. The van der Waals surface area contributed by atoms with Crippen LogP contribution in [0.5, 0.6) is 5.75 Å². The largest absolute Gasteiger partial charge is 0.487 e. The number of hydrogen-bond donors (Lipinski definition) is 3. The molecule has 0 heterocycles. The topological polar surface area (TPSA) is 131 Å². The van der Waals surface area contributed by atoms with Gasteiger partial charge in [0.05, 0.1) is 17.1 Å². The Morgan fingerprint density at radius 1 is 1.21 bits per heavy atom. The first-order chi connectivity index (χ1) is 13.2. The number of rotatable bonds is 6. The number of carboxylic acids is 1. The summed E-state index contributed by atoms with van der Waals surface area (Å²) in [6.45, 7) is 3.68. The predicted molar refractivity (Wildman–Crippen MR) is 106 cm³/mol. The molecule has 0 spiro atoms. The zero-order valence-corrected chi connectivity index (χ0v) is 15.8. The smallest absolute Gasteiger partial charge is 0.335 e. The van der Waals surface area contributed by atoms with Gasteiger partial charge in [0.1, 0.15) is 0 Å². The fourth-order valence-electron chi connectivity index (χ4n) is 2.30. The molecular weight excluding hydrogens is 386 g/mol. The van der Waals surface area contributed by atoms with Crippen LogP contribution in [-0.2, 0) is 0 Å². The summed E-state index contributed by atoms with van der Waals surface area (Å²) in [4.78, 5) is 34.0. The second-order valence-electron chi connectivity index (χ2n) is 5.62. The van der Waals surface area contributed by atoms with Crippen LogP contribution >= 0.6 is 12.2 Å². The molecule has 0 unspecified atom stereocenters. The first kappa shape index (κ1) is 20.8. The Labute approximate surface area is 165 Å². The minimum Gasteiger partial charge on any atom is -0.487 e. The molecule has 0 fully saturated rings. The number of nitrogens with one attached hydrogen (secondary N) is 2. The summed E-state index contributed by atoms with van der Waals surface area (Å²) in [5, 5.41) is 25.3. The fraction of sp³-hybridized carbons (Fsp3) is 0.167. The lowest BCUT2D eigenvalue weighted by molar-refractivity contribution is -0.385. The molecule has 0 aromatic heterocycles. The zero-order chi connectivity index (χ0) is 20.8. The Balaban J connectivity index is 2.16. The summed E-state index contributed by atoms with van der Waals surface area (Å²) in [6.07, 6.45) is 0. The number of nitro benzene ring substituents is 1. The van der Waals surface area contributed by atoms with Gasteiger partial charge in [0.25, 0.3) is 5.91 Å². The molecule has 3 N–H and O–H groups in total. The van der Waals surface area contributed by atoms with Crippen molar-refractivity contribution in [1.82, 2.24) is 5.32 Å². The minimum absolute atomic E-state index is 0.0234. The molecule has 0 atom stereocenters. The molecule has 0 aliphatic rings. The third kappa shape index (κ3) is 5.01. The molecule has 9 nitrogen and oxygen atoms in total. The van der Waals surface area contributed by atoms with E-state index in [-0.39, 0.29) is 34.3 Å². The summed E-state index contributed by atoms with van der Waals surface area (Å²) >= 11 is 5.08.